The Morgan fingerprint density at radius 2 is 1.82 bits per heavy atom. The number of rotatable bonds is 7. The van der Waals surface area contributed by atoms with E-state index in [9.17, 15) is 4.79 Å². The third kappa shape index (κ3) is 7.66. The summed E-state index contributed by atoms with van der Waals surface area (Å²) in [5.74, 6) is 0.804. The Balaban J connectivity index is 4.15. The van der Waals surface area contributed by atoms with Crippen LogP contribution in [0, 0.1) is 0 Å². The van der Waals surface area contributed by atoms with Crippen LogP contribution >= 0.6 is 11.8 Å². The monoisotopic (exact) mass is 260 g/mol. The predicted octanol–water partition coefficient (Wildman–Crippen LogP) is 2.54. The molecule has 0 saturated heterocycles. The standard InChI is InChI=1S/C13H28N2OS/c1-10(2)15-13(6,11(14)16)8-7-9-17-12(3,4)5/h10,15H,7-9H2,1-6H3,(H2,14,16). The van der Waals surface area contributed by atoms with Gasteiger partial charge in [-0.3, -0.25) is 4.79 Å². The second kappa shape index (κ2) is 6.64. The molecule has 0 aromatic carbocycles. The van der Waals surface area contributed by atoms with E-state index < -0.39 is 5.54 Å². The lowest BCUT2D eigenvalue weighted by Gasteiger charge is -2.30. The molecule has 102 valence electrons. The van der Waals surface area contributed by atoms with Gasteiger partial charge < -0.3 is 11.1 Å². The van der Waals surface area contributed by atoms with Gasteiger partial charge in [-0.15, -0.1) is 0 Å². The summed E-state index contributed by atoms with van der Waals surface area (Å²) in [6, 6.07) is 0.266. The Morgan fingerprint density at radius 1 is 1.29 bits per heavy atom. The zero-order chi connectivity index (χ0) is 13.7. The van der Waals surface area contributed by atoms with Crippen LogP contribution in [0.5, 0.6) is 0 Å². The Kier molecular flexibility index (Phi) is 6.56. The number of nitrogens with two attached hydrogens (primary N) is 1. The van der Waals surface area contributed by atoms with Crippen LogP contribution in [-0.2, 0) is 4.79 Å². The van der Waals surface area contributed by atoms with E-state index in [0.29, 0.717) is 0 Å². The molecule has 1 amide bonds. The Bertz CT molecular complexity index is 248. The summed E-state index contributed by atoms with van der Waals surface area (Å²) in [7, 11) is 0. The summed E-state index contributed by atoms with van der Waals surface area (Å²) in [5.41, 5.74) is 4.90. The number of carbonyl (C=O) groups excluding carboxylic acids is 1. The highest BCUT2D eigenvalue weighted by atomic mass is 32.2. The van der Waals surface area contributed by atoms with Gasteiger partial charge in [0, 0.05) is 10.8 Å². The first kappa shape index (κ1) is 16.8. The second-order valence-electron chi connectivity index (χ2n) is 6.06. The van der Waals surface area contributed by atoms with Gasteiger partial charge in [0.1, 0.15) is 0 Å². The number of hydrogen-bond acceptors (Lipinski definition) is 3. The summed E-state index contributed by atoms with van der Waals surface area (Å²) in [6.07, 6.45) is 1.80. The molecular formula is C13H28N2OS. The zero-order valence-corrected chi connectivity index (χ0v) is 12.9. The van der Waals surface area contributed by atoms with E-state index in [4.69, 9.17) is 5.73 Å². The van der Waals surface area contributed by atoms with Gasteiger partial charge in [-0.25, -0.2) is 0 Å². The van der Waals surface area contributed by atoms with E-state index >= 15 is 0 Å². The number of carbonyl (C=O) groups is 1. The minimum absolute atomic E-state index is 0.257. The Morgan fingerprint density at radius 3 is 2.18 bits per heavy atom. The molecule has 0 heterocycles. The fourth-order valence-corrected chi connectivity index (χ4v) is 2.61. The van der Waals surface area contributed by atoms with E-state index in [0.717, 1.165) is 18.6 Å². The molecule has 0 aliphatic heterocycles. The first-order chi connectivity index (χ1) is 7.57. The molecule has 1 unspecified atom stereocenters. The molecule has 0 aliphatic carbocycles. The summed E-state index contributed by atoms with van der Waals surface area (Å²) in [5, 5.41) is 3.27. The van der Waals surface area contributed by atoms with E-state index in [2.05, 4.69) is 26.1 Å². The lowest BCUT2D eigenvalue weighted by Crippen LogP contribution is -2.55. The predicted molar refractivity (Wildman–Crippen MR) is 77.3 cm³/mol. The van der Waals surface area contributed by atoms with Gasteiger partial charge >= 0.3 is 0 Å². The normalized spacial score (nSPS) is 15.9. The van der Waals surface area contributed by atoms with Crippen LogP contribution in [0.1, 0.15) is 54.4 Å². The number of primary amides is 1. The number of nitrogens with one attached hydrogen (secondary N) is 1. The maximum atomic E-state index is 11.5. The molecule has 0 spiro atoms. The second-order valence-corrected chi connectivity index (χ2v) is 7.98. The van der Waals surface area contributed by atoms with Gasteiger partial charge in [0.25, 0.3) is 0 Å². The van der Waals surface area contributed by atoms with E-state index in [1.807, 2.05) is 32.5 Å². The molecule has 0 saturated carbocycles. The third-order valence-corrected chi connectivity index (χ3v) is 3.87. The highest BCUT2D eigenvalue weighted by molar-refractivity contribution is 8.00. The van der Waals surface area contributed by atoms with Crippen molar-refractivity contribution < 1.29 is 4.79 Å². The first-order valence-electron chi connectivity index (χ1n) is 6.28. The van der Waals surface area contributed by atoms with Gasteiger partial charge in [0.2, 0.25) is 5.91 Å². The van der Waals surface area contributed by atoms with Crippen molar-refractivity contribution >= 4 is 17.7 Å². The van der Waals surface area contributed by atoms with E-state index in [1.54, 1.807) is 0 Å². The van der Waals surface area contributed by atoms with Crippen LogP contribution in [0.25, 0.3) is 0 Å². The van der Waals surface area contributed by atoms with Crippen molar-refractivity contribution in [1.82, 2.24) is 5.32 Å². The lowest BCUT2D eigenvalue weighted by atomic mass is 9.94. The molecule has 1 atom stereocenters. The molecule has 3 nitrogen and oxygen atoms in total. The van der Waals surface area contributed by atoms with Crippen molar-refractivity contribution in [2.24, 2.45) is 5.73 Å². The molecule has 0 rings (SSSR count). The third-order valence-electron chi connectivity index (χ3n) is 2.51. The van der Waals surface area contributed by atoms with Crippen molar-refractivity contribution in [1.29, 1.82) is 0 Å². The quantitative estimate of drug-likeness (QED) is 0.692. The molecule has 4 heteroatoms. The summed E-state index contributed by atoms with van der Waals surface area (Å²) >= 11 is 1.92. The molecule has 0 fully saturated rings. The van der Waals surface area contributed by atoms with Crippen LogP contribution in [0.15, 0.2) is 0 Å². The van der Waals surface area contributed by atoms with E-state index in [-0.39, 0.29) is 16.7 Å². The molecule has 0 aromatic rings. The maximum absolute atomic E-state index is 11.5. The molecule has 3 N–H and O–H groups in total. The van der Waals surface area contributed by atoms with Crippen LogP contribution in [0.3, 0.4) is 0 Å². The fraction of sp³-hybridized carbons (Fsp3) is 0.923. The van der Waals surface area contributed by atoms with Gasteiger partial charge in [-0.1, -0.05) is 20.8 Å². The first-order valence-corrected chi connectivity index (χ1v) is 7.27. The number of amides is 1. The number of hydrogen-bond donors (Lipinski definition) is 2. The molecule has 17 heavy (non-hydrogen) atoms. The van der Waals surface area contributed by atoms with Crippen molar-refractivity contribution in [3.8, 4) is 0 Å². The smallest absolute Gasteiger partial charge is 0.237 e. The largest absolute Gasteiger partial charge is 0.368 e. The molecule has 0 aromatic heterocycles. The summed E-state index contributed by atoms with van der Waals surface area (Å²) in [4.78, 5) is 11.5. The van der Waals surface area contributed by atoms with Gasteiger partial charge in [0.05, 0.1) is 5.54 Å². The summed E-state index contributed by atoms with van der Waals surface area (Å²) < 4.78 is 0.286. The van der Waals surface area contributed by atoms with Crippen LogP contribution in [-0.4, -0.2) is 28.0 Å². The Labute approximate surface area is 110 Å². The van der Waals surface area contributed by atoms with Crippen molar-refractivity contribution in [3.63, 3.8) is 0 Å². The van der Waals surface area contributed by atoms with Crippen LogP contribution < -0.4 is 11.1 Å². The lowest BCUT2D eigenvalue weighted by molar-refractivity contribution is -0.124. The minimum Gasteiger partial charge on any atom is -0.368 e. The van der Waals surface area contributed by atoms with Gasteiger partial charge in [-0.05, 0) is 39.4 Å². The van der Waals surface area contributed by atoms with E-state index in [1.165, 1.54) is 0 Å². The molecule has 0 aliphatic rings. The van der Waals surface area contributed by atoms with Crippen molar-refractivity contribution in [2.45, 2.75) is 70.7 Å². The topological polar surface area (TPSA) is 55.1 Å². The average Bonchev–Trinajstić information content (AvgIpc) is 2.09. The minimum atomic E-state index is -0.577. The number of thioether (sulfide) groups is 1. The highest BCUT2D eigenvalue weighted by Crippen LogP contribution is 2.25. The fourth-order valence-electron chi connectivity index (χ4n) is 1.71. The summed E-state index contributed by atoms with van der Waals surface area (Å²) in [6.45, 7) is 12.6. The van der Waals surface area contributed by atoms with Crippen LogP contribution in [0.4, 0.5) is 0 Å². The maximum Gasteiger partial charge on any atom is 0.237 e. The highest BCUT2D eigenvalue weighted by Gasteiger charge is 2.30. The van der Waals surface area contributed by atoms with Crippen LogP contribution in [0.2, 0.25) is 0 Å². The van der Waals surface area contributed by atoms with Gasteiger partial charge in [0.15, 0.2) is 0 Å². The van der Waals surface area contributed by atoms with Crippen molar-refractivity contribution in [2.75, 3.05) is 5.75 Å². The SMILES string of the molecule is CC(C)NC(C)(CCCSC(C)(C)C)C(N)=O. The van der Waals surface area contributed by atoms with Crippen molar-refractivity contribution in [3.05, 3.63) is 0 Å². The molecule has 0 radical (unpaired) electrons. The zero-order valence-electron chi connectivity index (χ0n) is 12.1. The Hall–Kier alpha value is -0.220. The average molecular weight is 260 g/mol. The molecule has 0 bridgehead atoms. The van der Waals surface area contributed by atoms with Gasteiger partial charge in [-0.2, -0.15) is 11.8 Å². The molecular weight excluding hydrogens is 232 g/mol.